The van der Waals surface area contributed by atoms with Crippen LogP contribution in [0.2, 0.25) is 0 Å². The van der Waals surface area contributed by atoms with Crippen LogP contribution in [0.15, 0.2) is 64.1 Å². The van der Waals surface area contributed by atoms with Gasteiger partial charge in [0.05, 0.1) is 0 Å². The largest absolute Gasteiger partial charge is 0.446 e. The molecule has 0 saturated carbocycles. The van der Waals surface area contributed by atoms with Gasteiger partial charge < -0.3 is 14.2 Å². The Morgan fingerprint density at radius 2 is 1.50 bits per heavy atom. The van der Waals surface area contributed by atoms with E-state index in [4.69, 9.17) is 4.74 Å². The summed E-state index contributed by atoms with van der Waals surface area (Å²) in [7, 11) is 0.941. The third kappa shape index (κ3) is 15.2. The van der Waals surface area contributed by atoms with E-state index in [0.29, 0.717) is 12.1 Å². The summed E-state index contributed by atoms with van der Waals surface area (Å²) in [6.45, 7) is 16.1. The molecule has 0 atom stereocenters. The molecule has 0 heterocycles. The molecule has 40 heavy (non-hydrogen) atoms. The molecule has 11 heteroatoms. The molecule has 4 nitrogen and oxygen atoms in total. The van der Waals surface area contributed by atoms with E-state index in [9.17, 15) is 26.3 Å². The summed E-state index contributed by atoms with van der Waals surface area (Å²) in [5, 5.41) is 0. The van der Waals surface area contributed by atoms with Crippen LogP contribution in [-0.2, 0) is 14.2 Å². The van der Waals surface area contributed by atoms with E-state index in [-0.39, 0.29) is 24.2 Å². The first-order valence-corrected chi connectivity index (χ1v) is 14.8. The van der Waals surface area contributed by atoms with Crippen LogP contribution >= 0.6 is 15.9 Å². The molecule has 1 aliphatic rings. The number of allylic oxidation sites excluding steroid dienone is 7. The highest BCUT2D eigenvalue weighted by atomic mass is 79.9. The minimum absolute atomic E-state index is 0.130. The predicted molar refractivity (Wildman–Crippen MR) is 159 cm³/mol. The van der Waals surface area contributed by atoms with E-state index in [2.05, 4.69) is 30.4 Å². The summed E-state index contributed by atoms with van der Waals surface area (Å²) in [5.41, 5.74) is -4.86. The number of alkyl halides is 7. The Hall–Kier alpha value is -1.85. The molecular weight excluding hydrogens is 604 g/mol. The summed E-state index contributed by atoms with van der Waals surface area (Å²) in [5.74, 6) is 1.94. The van der Waals surface area contributed by atoms with E-state index in [0.717, 1.165) is 25.7 Å². The number of ether oxygens (including phenoxy) is 3. The molecule has 1 rings (SSSR count). The fourth-order valence-electron chi connectivity index (χ4n) is 2.90. The van der Waals surface area contributed by atoms with Crippen LogP contribution in [-0.4, -0.2) is 44.1 Å². The Labute approximate surface area is 246 Å². The van der Waals surface area contributed by atoms with Crippen molar-refractivity contribution in [3.8, 4) is 0 Å². The Balaban J connectivity index is -0.000000739. The van der Waals surface area contributed by atoms with Crippen LogP contribution in [0.1, 0.15) is 81.6 Å². The molecule has 0 spiro atoms. The number of methoxy groups -OCH3 is 1. The lowest BCUT2D eigenvalue weighted by atomic mass is 9.89. The van der Waals surface area contributed by atoms with Crippen molar-refractivity contribution in [3.63, 3.8) is 0 Å². The topological polar surface area (TPSA) is 40.0 Å². The molecule has 0 fully saturated rings. The van der Waals surface area contributed by atoms with Crippen molar-refractivity contribution in [2.24, 2.45) is 4.99 Å². The first-order chi connectivity index (χ1) is 18.9. The number of nitrogens with zero attached hydrogens (tertiary/aromatic N) is 1. The SMILES string of the molecule is C/C=C\C=C(\C)N=COC1=CCC=C(C(OCOC)(C(F)(F)F)C(F)(F)F)C=C1CCC.CBr.CC.CC.CC. The van der Waals surface area contributed by atoms with Gasteiger partial charge in [0.15, 0.2) is 6.40 Å². The van der Waals surface area contributed by atoms with Crippen molar-refractivity contribution in [1.82, 2.24) is 0 Å². The van der Waals surface area contributed by atoms with Gasteiger partial charge in [-0.15, -0.1) is 0 Å². The first-order valence-electron chi connectivity index (χ1n) is 13.2. The molecule has 0 unspecified atom stereocenters. The minimum atomic E-state index is -5.79. The molecule has 236 valence electrons. The number of rotatable bonds is 10. The van der Waals surface area contributed by atoms with Crippen LogP contribution in [0.3, 0.4) is 0 Å². The molecule has 0 saturated heterocycles. The van der Waals surface area contributed by atoms with Crippen LogP contribution in [0.25, 0.3) is 0 Å². The lowest BCUT2D eigenvalue weighted by molar-refractivity contribution is -0.375. The summed E-state index contributed by atoms with van der Waals surface area (Å²) in [6, 6.07) is 0. The molecule has 1 aliphatic carbocycles. The van der Waals surface area contributed by atoms with Gasteiger partial charge in [0.25, 0.3) is 5.60 Å². The maximum absolute atomic E-state index is 13.9. The lowest BCUT2D eigenvalue weighted by Crippen LogP contribution is -2.60. The standard InChI is InChI=1S/C22H27F6NO3.3C2H6.CH3Br/c1-5-7-10-16(3)29-14-31-19-12-8-11-18(13-17(19)9-6-2)20(21(23,24)25,22(26,27)28)32-15-30-4;4*1-2/h5,7,10-14H,6,8-9,15H2,1-4H3;3*1-2H3;1H3/b7-5-,16-10-,29-14?;;;;. The highest BCUT2D eigenvalue weighted by Crippen LogP contribution is 2.51. The monoisotopic (exact) mass is 651 g/mol. The van der Waals surface area contributed by atoms with Crippen molar-refractivity contribution in [2.75, 3.05) is 19.7 Å². The molecular formula is C29H48BrF6NO3. The van der Waals surface area contributed by atoms with Crippen LogP contribution in [0, 0.1) is 0 Å². The van der Waals surface area contributed by atoms with Crippen molar-refractivity contribution in [2.45, 2.75) is 99.5 Å². The molecule has 0 aromatic heterocycles. The lowest BCUT2D eigenvalue weighted by Gasteiger charge is -2.38. The highest BCUT2D eigenvalue weighted by Gasteiger charge is 2.74. The molecule has 0 aromatic rings. The number of hydrogen-bond donors (Lipinski definition) is 0. The van der Waals surface area contributed by atoms with Crippen molar-refractivity contribution in [1.29, 1.82) is 0 Å². The Morgan fingerprint density at radius 1 is 0.975 bits per heavy atom. The van der Waals surface area contributed by atoms with Gasteiger partial charge in [0.2, 0.25) is 0 Å². The maximum atomic E-state index is 13.9. The quantitative estimate of drug-likeness (QED) is 0.0589. The van der Waals surface area contributed by atoms with E-state index in [1.165, 1.54) is 6.08 Å². The number of aliphatic imine (C=N–C) groups is 1. The van der Waals surface area contributed by atoms with Crippen LogP contribution < -0.4 is 0 Å². The molecule has 0 amide bonds. The van der Waals surface area contributed by atoms with Gasteiger partial charge in [-0.2, -0.15) is 26.3 Å². The molecule has 0 bridgehead atoms. The second kappa shape index (κ2) is 26.1. The fraction of sp³-hybridized carbons (Fsp3) is 0.621. The third-order valence-electron chi connectivity index (χ3n) is 4.37. The van der Waals surface area contributed by atoms with Crippen LogP contribution in [0.5, 0.6) is 0 Å². The van der Waals surface area contributed by atoms with E-state index in [1.54, 1.807) is 32.1 Å². The van der Waals surface area contributed by atoms with E-state index >= 15 is 0 Å². The van der Waals surface area contributed by atoms with E-state index in [1.807, 2.05) is 54.3 Å². The molecule has 0 N–H and O–H groups in total. The summed E-state index contributed by atoms with van der Waals surface area (Å²) in [4.78, 5) is 4.04. The smallest absolute Gasteiger partial charge is 0.430 e. The van der Waals surface area contributed by atoms with E-state index < -0.39 is 30.3 Å². The summed E-state index contributed by atoms with van der Waals surface area (Å²) >= 11 is 2.94. The number of halogens is 7. The van der Waals surface area contributed by atoms with Gasteiger partial charge in [0.1, 0.15) is 12.6 Å². The van der Waals surface area contributed by atoms with Gasteiger partial charge in [-0.25, -0.2) is 4.99 Å². The van der Waals surface area contributed by atoms with Crippen molar-refractivity contribution < 1.29 is 40.6 Å². The van der Waals surface area contributed by atoms with Gasteiger partial charge in [-0.3, -0.25) is 0 Å². The fourth-order valence-corrected chi connectivity index (χ4v) is 2.90. The van der Waals surface area contributed by atoms with Crippen molar-refractivity contribution >= 4 is 22.3 Å². The normalized spacial score (nSPS) is 14.1. The average molecular weight is 653 g/mol. The van der Waals surface area contributed by atoms with Crippen LogP contribution in [0.4, 0.5) is 26.3 Å². The molecule has 0 aliphatic heterocycles. The summed E-state index contributed by atoms with van der Waals surface area (Å²) < 4.78 is 97.3. The zero-order chi connectivity index (χ0) is 32.4. The molecule has 0 radical (unpaired) electrons. The number of hydrogen-bond acceptors (Lipinski definition) is 4. The Bertz CT molecular complexity index is 798. The predicted octanol–water partition coefficient (Wildman–Crippen LogP) is 11.0. The third-order valence-corrected chi connectivity index (χ3v) is 4.37. The Morgan fingerprint density at radius 3 is 1.93 bits per heavy atom. The van der Waals surface area contributed by atoms with Gasteiger partial charge in [0, 0.05) is 12.8 Å². The zero-order valence-corrected chi connectivity index (χ0v) is 27.3. The molecule has 0 aromatic carbocycles. The maximum Gasteiger partial charge on any atom is 0.430 e. The zero-order valence-electron chi connectivity index (χ0n) is 25.7. The van der Waals surface area contributed by atoms with Crippen molar-refractivity contribution in [3.05, 3.63) is 59.1 Å². The second-order valence-electron chi connectivity index (χ2n) is 6.80. The van der Waals surface area contributed by atoms with Gasteiger partial charge >= 0.3 is 12.4 Å². The van der Waals surface area contributed by atoms with Gasteiger partial charge in [-0.1, -0.05) is 89.0 Å². The Kier molecular flexibility index (Phi) is 29.4. The van der Waals surface area contributed by atoms with Gasteiger partial charge in [-0.05, 0) is 61.9 Å². The summed E-state index contributed by atoms with van der Waals surface area (Å²) in [6.07, 6.45) is -1.76. The minimum Gasteiger partial charge on any atom is -0.446 e. The second-order valence-corrected chi connectivity index (χ2v) is 6.80. The average Bonchev–Trinajstić information content (AvgIpc) is 3.13. The highest BCUT2D eigenvalue weighted by molar-refractivity contribution is 9.08. The first kappa shape index (κ1) is 45.1.